The Morgan fingerprint density at radius 1 is 1.23 bits per heavy atom. The van der Waals surface area contributed by atoms with Crippen molar-refractivity contribution in [2.75, 3.05) is 11.9 Å². The number of rotatable bonds is 5. The number of nitrogens with zero attached hydrogens (tertiary/aromatic N) is 3. The largest absolute Gasteiger partial charge is 0.403 e. The molecule has 4 rings (SSSR count). The van der Waals surface area contributed by atoms with Crippen molar-refractivity contribution in [3.05, 3.63) is 46.8 Å². The van der Waals surface area contributed by atoms with Crippen LogP contribution < -0.4 is 5.32 Å². The van der Waals surface area contributed by atoms with Crippen LogP contribution in [0.2, 0.25) is 0 Å². The highest BCUT2D eigenvalue weighted by Gasteiger charge is 2.38. The molecular weight excluding hydrogens is 424 g/mol. The number of thiophene rings is 1. The summed E-state index contributed by atoms with van der Waals surface area (Å²) in [6.07, 6.45) is 1.92. The Labute approximate surface area is 179 Å². The SMILES string of the molecule is Cc1ccc(C)c(-c2nnc(NC(=O)C3CCCCN3S(=O)(=O)c3cccs3)o2)c1. The van der Waals surface area contributed by atoms with E-state index < -0.39 is 22.0 Å². The Hall–Kier alpha value is -2.56. The molecular formula is C20H22N4O4S2. The van der Waals surface area contributed by atoms with E-state index >= 15 is 0 Å². The van der Waals surface area contributed by atoms with Gasteiger partial charge in [-0.3, -0.25) is 10.1 Å². The third kappa shape index (κ3) is 4.03. The van der Waals surface area contributed by atoms with Gasteiger partial charge < -0.3 is 4.42 Å². The molecule has 0 spiro atoms. The van der Waals surface area contributed by atoms with E-state index in [2.05, 4.69) is 15.5 Å². The first-order valence-corrected chi connectivity index (χ1v) is 12.0. The van der Waals surface area contributed by atoms with E-state index in [0.717, 1.165) is 34.4 Å². The number of aryl methyl sites for hydroxylation is 2. The second kappa shape index (κ2) is 8.29. The van der Waals surface area contributed by atoms with E-state index in [4.69, 9.17) is 4.42 Å². The molecule has 8 nitrogen and oxygen atoms in total. The first-order chi connectivity index (χ1) is 14.4. The molecule has 0 aliphatic carbocycles. The first kappa shape index (κ1) is 20.7. The zero-order valence-corrected chi connectivity index (χ0v) is 18.3. The summed E-state index contributed by atoms with van der Waals surface area (Å²) in [6, 6.07) is 8.26. The number of hydrogen-bond donors (Lipinski definition) is 1. The van der Waals surface area contributed by atoms with Crippen LogP contribution in [0.25, 0.3) is 11.5 Å². The molecule has 1 aromatic carbocycles. The molecule has 1 atom stereocenters. The lowest BCUT2D eigenvalue weighted by Gasteiger charge is -2.32. The van der Waals surface area contributed by atoms with Crippen molar-refractivity contribution in [3.63, 3.8) is 0 Å². The highest BCUT2D eigenvalue weighted by molar-refractivity contribution is 7.91. The van der Waals surface area contributed by atoms with E-state index in [1.807, 2.05) is 32.0 Å². The van der Waals surface area contributed by atoms with Gasteiger partial charge in [0.1, 0.15) is 10.3 Å². The predicted molar refractivity (Wildman–Crippen MR) is 114 cm³/mol. The van der Waals surface area contributed by atoms with Gasteiger partial charge in [0, 0.05) is 12.1 Å². The zero-order valence-electron chi connectivity index (χ0n) is 16.7. The van der Waals surface area contributed by atoms with Gasteiger partial charge in [0.15, 0.2) is 0 Å². The zero-order chi connectivity index (χ0) is 21.3. The molecule has 3 aromatic rings. The Bertz CT molecular complexity index is 1160. The predicted octanol–water partition coefficient (Wildman–Crippen LogP) is 3.60. The normalized spacial score (nSPS) is 17.7. The van der Waals surface area contributed by atoms with Crippen molar-refractivity contribution >= 4 is 33.3 Å². The van der Waals surface area contributed by atoms with Crippen LogP contribution in [0.5, 0.6) is 0 Å². The fourth-order valence-corrected chi connectivity index (χ4v) is 6.29. The molecule has 0 bridgehead atoms. The maximum atomic E-state index is 13.0. The summed E-state index contributed by atoms with van der Waals surface area (Å²) >= 11 is 1.14. The summed E-state index contributed by atoms with van der Waals surface area (Å²) in [7, 11) is -3.73. The summed E-state index contributed by atoms with van der Waals surface area (Å²) in [5.74, 6) is -0.163. The fraction of sp³-hybridized carbons (Fsp3) is 0.350. The molecule has 1 fully saturated rings. The van der Waals surface area contributed by atoms with Gasteiger partial charge in [0.05, 0.1) is 0 Å². The number of hydrogen-bond acceptors (Lipinski definition) is 7. The van der Waals surface area contributed by atoms with Gasteiger partial charge in [0.25, 0.3) is 10.0 Å². The minimum atomic E-state index is -3.73. The number of sulfonamides is 1. The minimum Gasteiger partial charge on any atom is -0.403 e. The molecule has 0 radical (unpaired) electrons. The number of aromatic nitrogens is 2. The molecule has 1 N–H and O–H groups in total. The molecule has 1 aliphatic rings. The number of amides is 1. The van der Waals surface area contributed by atoms with E-state index in [0.29, 0.717) is 25.3 Å². The van der Waals surface area contributed by atoms with Gasteiger partial charge in [-0.25, -0.2) is 8.42 Å². The van der Waals surface area contributed by atoms with E-state index in [1.165, 1.54) is 4.31 Å². The van der Waals surface area contributed by atoms with Crippen molar-refractivity contribution < 1.29 is 17.6 Å². The van der Waals surface area contributed by atoms with Crippen LogP contribution in [0.1, 0.15) is 30.4 Å². The van der Waals surface area contributed by atoms with Crippen molar-refractivity contribution in [1.29, 1.82) is 0 Å². The molecule has 10 heteroatoms. The second-order valence-electron chi connectivity index (χ2n) is 7.28. The van der Waals surface area contributed by atoms with Gasteiger partial charge in [-0.15, -0.1) is 16.4 Å². The van der Waals surface area contributed by atoms with Crippen LogP contribution in [0, 0.1) is 13.8 Å². The average Bonchev–Trinajstić information content (AvgIpc) is 3.42. The number of piperidine rings is 1. The third-order valence-electron chi connectivity index (χ3n) is 5.09. The summed E-state index contributed by atoms with van der Waals surface area (Å²) in [5, 5.41) is 12.3. The molecule has 2 aromatic heterocycles. The molecule has 3 heterocycles. The van der Waals surface area contributed by atoms with Crippen LogP contribution >= 0.6 is 11.3 Å². The van der Waals surface area contributed by atoms with E-state index in [-0.39, 0.29) is 10.2 Å². The van der Waals surface area contributed by atoms with Crippen molar-refractivity contribution in [1.82, 2.24) is 14.5 Å². The lowest BCUT2D eigenvalue weighted by molar-refractivity contribution is -0.120. The summed E-state index contributed by atoms with van der Waals surface area (Å²) in [5.41, 5.74) is 2.82. The molecule has 1 saturated heterocycles. The Morgan fingerprint density at radius 2 is 2.07 bits per heavy atom. The van der Waals surface area contributed by atoms with Crippen LogP contribution in [0.15, 0.2) is 44.3 Å². The Balaban J connectivity index is 1.54. The number of benzene rings is 1. The number of carbonyl (C=O) groups is 1. The van der Waals surface area contributed by atoms with Crippen LogP contribution in [0.4, 0.5) is 6.01 Å². The minimum absolute atomic E-state index is 0.0463. The van der Waals surface area contributed by atoms with Crippen molar-refractivity contribution in [3.8, 4) is 11.5 Å². The molecule has 158 valence electrons. The van der Waals surface area contributed by atoms with E-state index in [1.54, 1.807) is 17.5 Å². The summed E-state index contributed by atoms with van der Waals surface area (Å²) in [4.78, 5) is 12.9. The van der Waals surface area contributed by atoms with Crippen LogP contribution in [-0.2, 0) is 14.8 Å². The molecule has 30 heavy (non-hydrogen) atoms. The standard InChI is InChI=1S/C20H22N4O4S2/c1-13-8-9-14(2)15(12-13)19-22-23-20(28-19)21-18(25)16-6-3-4-10-24(16)30(26,27)17-7-5-11-29-17/h5,7-9,11-12,16H,3-4,6,10H2,1-2H3,(H,21,23,25). The summed E-state index contributed by atoms with van der Waals surface area (Å²) in [6.45, 7) is 4.20. The molecule has 0 saturated carbocycles. The van der Waals surface area contributed by atoms with Gasteiger partial charge in [-0.05, 0) is 49.8 Å². The fourth-order valence-electron chi connectivity index (χ4n) is 3.52. The Morgan fingerprint density at radius 3 is 2.83 bits per heavy atom. The van der Waals surface area contributed by atoms with Crippen LogP contribution in [-0.4, -0.2) is 41.4 Å². The maximum Gasteiger partial charge on any atom is 0.322 e. The number of anilines is 1. The topological polar surface area (TPSA) is 105 Å². The van der Waals surface area contributed by atoms with Crippen molar-refractivity contribution in [2.45, 2.75) is 43.4 Å². The summed E-state index contributed by atoms with van der Waals surface area (Å²) < 4.78 is 33.1. The second-order valence-corrected chi connectivity index (χ2v) is 10.3. The number of carbonyl (C=O) groups excluding carboxylic acids is 1. The highest BCUT2D eigenvalue weighted by Crippen LogP contribution is 2.29. The van der Waals surface area contributed by atoms with E-state index in [9.17, 15) is 13.2 Å². The van der Waals surface area contributed by atoms with Gasteiger partial charge in [-0.1, -0.05) is 35.3 Å². The van der Waals surface area contributed by atoms with Gasteiger partial charge in [-0.2, -0.15) is 4.31 Å². The monoisotopic (exact) mass is 446 g/mol. The molecule has 1 unspecified atom stereocenters. The lowest BCUT2D eigenvalue weighted by atomic mass is 10.0. The third-order valence-corrected chi connectivity index (χ3v) is 8.37. The average molecular weight is 447 g/mol. The van der Waals surface area contributed by atoms with Gasteiger partial charge in [0.2, 0.25) is 11.8 Å². The van der Waals surface area contributed by atoms with Gasteiger partial charge >= 0.3 is 6.01 Å². The first-order valence-electron chi connectivity index (χ1n) is 9.63. The quantitative estimate of drug-likeness (QED) is 0.642. The highest BCUT2D eigenvalue weighted by atomic mass is 32.2. The molecule has 1 amide bonds. The van der Waals surface area contributed by atoms with Crippen molar-refractivity contribution in [2.24, 2.45) is 0 Å². The maximum absolute atomic E-state index is 13.0. The lowest BCUT2D eigenvalue weighted by Crippen LogP contribution is -2.49. The smallest absolute Gasteiger partial charge is 0.322 e. The Kier molecular flexibility index (Phi) is 5.72. The molecule has 1 aliphatic heterocycles. The number of nitrogens with one attached hydrogen (secondary N) is 1. The van der Waals surface area contributed by atoms with Crippen LogP contribution in [0.3, 0.4) is 0 Å².